The average Bonchev–Trinajstić information content (AvgIpc) is 2.86. The van der Waals surface area contributed by atoms with Crippen LogP contribution in [0.5, 0.6) is 0 Å². The monoisotopic (exact) mass is 295 g/mol. The van der Waals surface area contributed by atoms with Gasteiger partial charge in [0.15, 0.2) is 5.54 Å². The minimum absolute atomic E-state index is 0.0809. The fraction of sp³-hybridized carbons (Fsp3) is 0.467. The molecule has 1 saturated heterocycles. The van der Waals surface area contributed by atoms with Crippen molar-refractivity contribution < 1.29 is 23.8 Å². The molecule has 0 aliphatic carbocycles. The molecule has 1 heterocycles. The molecular formula is C15H18FNO4. The van der Waals surface area contributed by atoms with Gasteiger partial charge in [-0.2, -0.15) is 0 Å². The molecule has 1 N–H and O–H groups in total. The molecule has 1 aliphatic heterocycles. The minimum atomic E-state index is -1.37. The number of aliphatic carboxylic acids is 1. The number of carbonyl (C=O) groups excluding carboxylic acids is 1. The van der Waals surface area contributed by atoms with Crippen LogP contribution in [-0.4, -0.2) is 47.7 Å². The van der Waals surface area contributed by atoms with Crippen LogP contribution in [0.1, 0.15) is 28.8 Å². The highest BCUT2D eigenvalue weighted by molar-refractivity contribution is 5.99. The van der Waals surface area contributed by atoms with Gasteiger partial charge in [-0.25, -0.2) is 9.18 Å². The van der Waals surface area contributed by atoms with Crippen molar-refractivity contribution in [1.29, 1.82) is 0 Å². The van der Waals surface area contributed by atoms with Crippen LogP contribution in [0.2, 0.25) is 0 Å². The predicted molar refractivity (Wildman–Crippen MR) is 73.7 cm³/mol. The summed E-state index contributed by atoms with van der Waals surface area (Å²) >= 11 is 0. The number of nitrogens with zero attached hydrogens (tertiary/aromatic N) is 1. The zero-order valence-electron chi connectivity index (χ0n) is 12.1. The Morgan fingerprint density at radius 1 is 1.48 bits per heavy atom. The predicted octanol–water partition coefficient (Wildman–Crippen LogP) is 1.84. The molecule has 1 aromatic carbocycles. The van der Waals surface area contributed by atoms with Crippen LogP contribution in [0.3, 0.4) is 0 Å². The lowest BCUT2D eigenvalue weighted by atomic mass is 9.96. The fourth-order valence-electron chi connectivity index (χ4n) is 2.83. The molecule has 1 aromatic rings. The second-order valence-electron chi connectivity index (χ2n) is 5.24. The summed E-state index contributed by atoms with van der Waals surface area (Å²) in [4.78, 5) is 25.6. The van der Waals surface area contributed by atoms with Gasteiger partial charge in [-0.1, -0.05) is 6.07 Å². The molecule has 114 valence electrons. The van der Waals surface area contributed by atoms with Gasteiger partial charge in [0.25, 0.3) is 5.91 Å². The molecule has 1 atom stereocenters. The van der Waals surface area contributed by atoms with E-state index in [1.54, 1.807) is 0 Å². The number of hydrogen-bond donors (Lipinski definition) is 1. The van der Waals surface area contributed by atoms with Crippen molar-refractivity contribution >= 4 is 11.9 Å². The van der Waals surface area contributed by atoms with E-state index in [-0.39, 0.29) is 17.7 Å². The van der Waals surface area contributed by atoms with Gasteiger partial charge < -0.3 is 14.7 Å². The van der Waals surface area contributed by atoms with Crippen molar-refractivity contribution in [3.63, 3.8) is 0 Å². The van der Waals surface area contributed by atoms with Gasteiger partial charge in [0.1, 0.15) is 5.82 Å². The van der Waals surface area contributed by atoms with Crippen molar-refractivity contribution in [2.45, 2.75) is 25.3 Å². The fourth-order valence-corrected chi connectivity index (χ4v) is 2.83. The summed E-state index contributed by atoms with van der Waals surface area (Å²) < 4.78 is 18.6. The van der Waals surface area contributed by atoms with Crippen molar-refractivity contribution in [3.8, 4) is 0 Å². The molecule has 0 spiro atoms. The van der Waals surface area contributed by atoms with Crippen LogP contribution >= 0.6 is 0 Å². The largest absolute Gasteiger partial charge is 0.479 e. The van der Waals surface area contributed by atoms with Gasteiger partial charge >= 0.3 is 5.97 Å². The first kappa shape index (κ1) is 15.4. The zero-order chi connectivity index (χ0) is 15.6. The molecule has 1 unspecified atom stereocenters. The van der Waals surface area contributed by atoms with Gasteiger partial charge in [-0.05, 0) is 37.5 Å². The third-order valence-corrected chi connectivity index (χ3v) is 4.01. The Labute approximate surface area is 122 Å². The summed E-state index contributed by atoms with van der Waals surface area (Å²) in [5, 5.41) is 9.54. The molecule has 0 aromatic heterocycles. The van der Waals surface area contributed by atoms with E-state index in [9.17, 15) is 19.1 Å². The number of rotatable bonds is 4. The normalized spacial score (nSPS) is 21.6. The Kier molecular flexibility index (Phi) is 4.27. The number of ether oxygens (including phenoxy) is 1. The number of amides is 1. The van der Waals surface area contributed by atoms with E-state index in [0.29, 0.717) is 19.4 Å². The van der Waals surface area contributed by atoms with Crippen LogP contribution < -0.4 is 0 Å². The van der Waals surface area contributed by atoms with E-state index in [4.69, 9.17) is 4.74 Å². The Morgan fingerprint density at radius 2 is 2.19 bits per heavy atom. The topological polar surface area (TPSA) is 66.8 Å². The Bertz CT molecular complexity index is 575. The molecule has 1 amide bonds. The lowest BCUT2D eigenvalue weighted by molar-refractivity contribution is -0.151. The highest BCUT2D eigenvalue weighted by Gasteiger charge is 2.50. The van der Waals surface area contributed by atoms with Gasteiger partial charge in [0.2, 0.25) is 0 Å². The first-order valence-corrected chi connectivity index (χ1v) is 6.73. The molecule has 1 aliphatic rings. The number of benzene rings is 1. The lowest BCUT2D eigenvalue weighted by Gasteiger charge is -2.34. The Morgan fingerprint density at radius 3 is 2.81 bits per heavy atom. The summed E-state index contributed by atoms with van der Waals surface area (Å²) in [7, 11) is 1.40. The number of carboxylic acids is 1. The van der Waals surface area contributed by atoms with E-state index >= 15 is 0 Å². The smallest absolute Gasteiger partial charge is 0.332 e. The van der Waals surface area contributed by atoms with Crippen LogP contribution in [-0.2, 0) is 9.53 Å². The van der Waals surface area contributed by atoms with Gasteiger partial charge in [0, 0.05) is 19.2 Å². The standard InChI is InChI=1S/C15H18FNO4/c1-10-11(5-3-6-12(10)16)13(18)17-8-4-7-15(17,9-21-2)14(19)20/h3,5-6H,4,7-9H2,1-2H3,(H,19,20). The van der Waals surface area contributed by atoms with Crippen LogP contribution in [0.15, 0.2) is 18.2 Å². The molecule has 0 saturated carbocycles. The molecule has 6 heteroatoms. The third-order valence-electron chi connectivity index (χ3n) is 4.01. The Balaban J connectivity index is 2.41. The van der Waals surface area contributed by atoms with Crippen molar-refractivity contribution in [2.75, 3.05) is 20.3 Å². The van der Waals surface area contributed by atoms with Gasteiger partial charge in [-0.15, -0.1) is 0 Å². The van der Waals surface area contributed by atoms with Crippen molar-refractivity contribution in [2.24, 2.45) is 0 Å². The van der Waals surface area contributed by atoms with Crippen molar-refractivity contribution in [1.82, 2.24) is 4.90 Å². The molecule has 21 heavy (non-hydrogen) atoms. The molecule has 1 fully saturated rings. The van der Waals surface area contributed by atoms with E-state index in [1.807, 2.05) is 0 Å². The van der Waals surface area contributed by atoms with E-state index in [2.05, 4.69) is 0 Å². The third kappa shape index (κ3) is 2.51. The molecule has 2 rings (SSSR count). The highest BCUT2D eigenvalue weighted by atomic mass is 19.1. The second-order valence-corrected chi connectivity index (χ2v) is 5.24. The SMILES string of the molecule is COCC1(C(=O)O)CCCN1C(=O)c1cccc(F)c1C. The average molecular weight is 295 g/mol. The van der Waals surface area contributed by atoms with Crippen LogP contribution in [0.25, 0.3) is 0 Å². The number of hydrogen-bond acceptors (Lipinski definition) is 3. The summed E-state index contributed by atoms with van der Waals surface area (Å²) in [6, 6.07) is 4.23. The van der Waals surface area contributed by atoms with Crippen molar-refractivity contribution in [3.05, 3.63) is 35.1 Å². The maximum Gasteiger partial charge on any atom is 0.332 e. The first-order valence-electron chi connectivity index (χ1n) is 6.73. The van der Waals surface area contributed by atoms with Crippen LogP contribution in [0.4, 0.5) is 4.39 Å². The molecular weight excluding hydrogens is 277 g/mol. The van der Waals surface area contributed by atoms with Crippen LogP contribution in [0, 0.1) is 12.7 Å². The highest BCUT2D eigenvalue weighted by Crippen LogP contribution is 2.32. The maximum absolute atomic E-state index is 13.6. The number of methoxy groups -OCH3 is 1. The maximum atomic E-state index is 13.6. The van der Waals surface area contributed by atoms with E-state index in [1.165, 1.54) is 37.1 Å². The minimum Gasteiger partial charge on any atom is -0.479 e. The lowest BCUT2D eigenvalue weighted by Crippen LogP contribution is -2.56. The quantitative estimate of drug-likeness (QED) is 0.920. The van der Waals surface area contributed by atoms with Gasteiger partial charge in [-0.3, -0.25) is 4.79 Å². The van der Waals surface area contributed by atoms with Gasteiger partial charge in [0.05, 0.1) is 6.61 Å². The van der Waals surface area contributed by atoms with E-state index in [0.717, 1.165) is 0 Å². The summed E-state index contributed by atoms with van der Waals surface area (Å²) in [5.41, 5.74) is -0.949. The number of halogens is 1. The first-order chi connectivity index (χ1) is 9.94. The summed E-state index contributed by atoms with van der Waals surface area (Å²) in [5.74, 6) is -2.04. The molecule has 0 bridgehead atoms. The zero-order valence-corrected chi connectivity index (χ0v) is 12.1. The number of carbonyl (C=O) groups is 2. The molecule has 5 nitrogen and oxygen atoms in total. The number of carboxylic acid groups (broad SMARTS) is 1. The molecule has 0 radical (unpaired) electrons. The summed E-state index contributed by atoms with van der Waals surface area (Å²) in [6.45, 7) is 1.75. The Hall–Kier alpha value is -1.95. The number of likely N-dealkylation sites (tertiary alicyclic amines) is 1. The summed E-state index contributed by atoms with van der Waals surface area (Å²) in [6.07, 6.45) is 0.909. The van der Waals surface area contributed by atoms with E-state index < -0.39 is 23.2 Å². The second kappa shape index (κ2) is 5.81.